The molecule has 4 aromatic carbocycles. The molecular weight excluding hydrogens is 390 g/mol. The predicted octanol–water partition coefficient (Wildman–Crippen LogP) is 7.27. The highest BCUT2D eigenvalue weighted by Crippen LogP contribution is 2.36. The third-order valence-electron chi connectivity index (χ3n) is 5.89. The highest BCUT2D eigenvalue weighted by molar-refractivity contribution is 5.93. The molecule has 0 bridgehead atoms. The van der Waals surface area contributed by atoms with Gasteiger partial charge in [-0.05, 0) is 35.2 Å². The molecule has 0 amide bonds. The molecule has 0 radical (unpaired) electrons. The van der Waals surface area contributed by atoms with Gasteiger partial charge in [0.15, 0.2) is 0 Å². The van der Waals surface area contributed by atoms with Gasteiger partial charge in [0.2, 0.25) is 0 Å². The lowest BCUT2D eigenvalue weighted by molar-refractivity contribution is 0.559. The number of fused-ring (bicyclic) bond motifs is 1. The van der Waals surface area contributed by atoms with Crippen LogP contribution in [0.4, 0.5) is 5.69 Å². The van der Waals surface area contributed by atoms with E-state index in [1.165, 1.54) is 27.8 Å². The van der Waals surface area contributed by atoms with Crippen molar-refractivity contribution in [2.75, 3.05) is 11.4 Å². The molecule has 1 aromatic heterocycles. The molecule has 0 N–H and O–H groups in total. The number of anilines is 1. The monoisotopic (exact) mass is 417 g/mol. The molecule has 1 heterocycles. The Balaban J connectivity index is 1.55. The van der Waals surface area contributed by atoms with E-state index in [-0.39, 0.29) is 0 Å². The van der Waals surface area contributed by atoms with Gasteiger partial charge in [-0.2, -0.15) is 0 Å². The van der Waals surface area contributed by atoms with Gasteiger partial charge in [-0.15, -0.1) is 0 Å². The second-order valence-electron chi connectivity index (χ2n) is 8.18. The molecule has 0 saturated heterocycles. The Morgan fingerprint density at radius 1 is 0.562 bits per heavy atom. The number of benzene rings is 4. The Kier molecular flexibility index (Phi) is 6.02. The van der Waals surface area contributed by atoms with Gasteiger partial charge >= 0.3 is 0 Å². The van der Waals surface area contributed by atoms with Gasteiger partial charge in [-0.1, -0.05) is 103 Å². The van der Waals surface area contributed by atoms with E-state index in [2.05, 4.69) is 114 Å². The maximum atomic E-state index is 6.43. The van der Waals surface area contributed by atoms with Crippen molar-refractivity contribution >= 4 is 16.7 Å². The maximum absolute atomic E-state index is 6.43. The smallest absolute Gasteiger partial charge is 0.136 e. The quantitative estimate of drug-likeness (QED) is 0.264. The Bertz CT molecular complexity index is 1260. The normalized spacial score (nSPS) is 11.0. The van der Waals surface area contributed by atoms with Crippen LogP contribution in [0.25, 0.3) is 11.0 Å². The van der Waals surface area contributed by atoms with E-state index < -0.39 is 0 Å². The third kappa shape index (κ3) is 4.60. The average Bonchev–Trinajstić information content (AvgIpc) is 3.21. The van der Waals surface area contributed by atoms with Crippen molar-refractivity contribution in [2.45, 2.75) is 19.4 Å². The van der Waals surface area contributed by atoms with Crippen LogP contribution in [0.15, 0.2) is 120 Å². The van der Waals surface area contributed by atoms with Crippen molar-refractivity contribution in [2.24, 2.45) is 0 Å². The summed E-state index contributed by atoms with van der Waals surface area (Å²) in [5.41, 5.74) is 6.07. The Morgan fingerprint density at radius 3 is 1.81 bits per heavy atom. The van der Waals surface area contributed by atoms with E-state index in [1.54, 1.807) is 0 Å². The molecule has 0 fully saturated rings. The molecule has 2 nitrogen and oxygen atoms in total. The molecular formula is C30H27NO. The molecule has 2 heteroatoms. The Labute approximate surface area is 189 Å². The molecule has 5 aromatic rings. The number of para-hydroxylation sites is 1. The summed E-state index contributed by atoms with van der Waals surface area (Å²) >= 11 is 0. The van der Waals surface area contributed by atoms with E-state index in [4.69, 9.17) is 4.42 Å². The van der Waals surface area contributed by atoms with E-state index in [0.717, 1.165) is 37.3 Å². The highest BCUT2D eigenvalue weighted by atomic mass is 16.3. The van der Waals surface area contributed by atoms with Crippen LogP contribution >= 0.6 is 0 Å². The molecule has 0 aliphatic rings. The van der Waals surface area contributed by atoms with Crippen LogP contribution in [0.2, 0.25) is 0 Å². The van der Waals surface area contributed by atoms with Crippen molar-refractivity contribution in [3.8, 4) is 0 Å². The first-order valence-corrected chi connectivity index (χ1v) is 11.2. The molecule has 158 valence electrons. The first-order valence-electron chi connectivity index (χ1n) is 11.2. The van der Waals surface area contributed by atoms with Crippen LogP contribution in [0.1, 0.15) is 22.5 Å². The summed E-state index contributed by atoms with van der Waals surface area (Å²) in [7, 11) is 0. The van der Waals surface area contributed by atoms with Crippen LogP contribution < -0.4 is 4.90 Å². The summed E-state index contributed by atoms with van der Waals surface area (Å²) < 4.78 is 6.43. The molecule has 0 aliphatic carbocycles. The molecule has 0 aliphatic heterocycles. The van der Waals surface area contributed by atoms with Gasteiger partial charge in [0, 0.05) is 24.9 Å². The maximum Gasteiger partial charge on any atom is 0.136 e. The van der Waals surface area contributed by atoms with E-state index in [0.29, 0.717) is 0 Å². The first kappa shape index (κ1) is 20.1. The molecule has 0 atom stereocenters. The summed E-state index contributed by atoms with van der Waals surface area (Å²) in [6.45, 7) is 1.77. The van der Waals surface area contributed by atoms with Crippen LogP contribution in [0.5, 0.6) is 0 Å². The summed E-state index contributed by atoms with van der Waals surface area (Å²) in [6.07, 6.45) is 1.76. The first-order chi connectivity index (χ1) is 15.9. The largest absolute Gasteiger partial charge is 0.458 e. The molecule has 32 heavy (non-hydrogen) atoms. The molecule has 0 spiro atoms. The molecule has 5 rings (SSSR count). The number of furan rings is 1. The minimum absolute atomic E-state index is 0.779. The highest BCUT2D eigenvalue weighted by Gasteiger charge is 2.20. The van der Waals surface area contributed by atoms with Crippen molar-refractivity contribution in [3.63, 3.8) is 0 Å². The predicted molar refractivity (Wildman–Crippen MR) is 133 cm³/mol. The molecule has 0 unspecified atom stereocenters. The van der Waals surface area contributed by atoms with E-state index in [9.17, 15) is 0 Å². The van der Waals surface area contributed by atoms with Crippen molar-refractivity contribution in [3.05, 3.63) is 138 Å². The van der Waals surface area contributed by atoms with Gasteiger partial charge in [-0.3, -0.25) is 0 Å². The SMILES string of the molecule is c1ccc(CCN(Cc2ccccc2)c2c(Cc3ccccc3)oc3ccccc23)cc1. The average molecular weight is 418 g/mol. The fraction of sp³-hybridized carbons (Fsp3) is 0.133. The van der Waals surface area contributed by atoms with Crippen LogP contribution in [0.3, 0.4) is 0 Å². The van der Waals surface area contributed by atoms with Crippen molar-refractivity contribution in [1.29, 1.82) is 0 Å². The number of hydrogen-bond donors (Lipinski definition) is 0. The van der Waals surface area contributed by atoms with Gasteiger partial charge in [0.1, 0.15) is 11.3 Å². The minimum atomic E-state index is 0.779. The lowest BCUT2D eigenvalue weighted by Crippen LogP contribution is -2.26. The summed E-state index contributed by atoms with van der Waals surface area (Å²) in [6, 6.07) is 40.4. The topological polar surface area (TPSA) is 16.4 Å². The summed E-state index contributed by atoms with van der Waals surface area (Å²) in [5, 5.41) is 1.18. The van der Waals surface area contributed by atoms with Crippen LogP contribution in [-0.4, -0.2) is 6.54 Å². The Morgan fingerprint density at radius 2 is 1.12 bits per heavy atom. The van der Waals surface area contributed by atoms with Gasteiger partial charge < -0.3 is 9.32 Å². The zero-order valence-electron chi connectivity index (χ0n) is 18.2. The second-order valence-corrected chi connectivity index (χ2v) is 8.18. The van der Waals surface area contributed by atoms with E-state index in [1.807, 2.05) is 6.07 Å². The van der Waals surface area contributed by atoms with Gasteiger partial charge in [-0.25, -0.2) is 0 Å². The number of hydrogen-bond acceptors (Lipinski definition) is 2. The summed E-state index contributed by atoms with van der Waals surface area (Å²) in [5.74, 6) is 1.03. The Hall–Kier alpha value is -3.78. The fourth-order valence-corrected chi connectivity index (χ4v) is 4.31. The standard InChI is InChI=1S/C30H27NO/c1-4-12-24(13-5-1)20-21-31(23-26-16-8-3-9-17-26)30-27-18-10-11-19-28(27)32-29(30)22-25-14-6-2-7-15-25/h1-19H,20-23H2. The zero-order chi connectivity index (χ0) is 21.6. The lowest BCUT2D eigenvalue weighted by Gasteiger charge is -2.25. The third-order valence-corrected chi connectivity index (χ3v) is 5.89. The number of nitrogens with zero attached hydrogens (tertiary/aromatic N) is 1. The summed E-state index contributed by atoms with van der Waals surface area (Å²) in [4.78, 5) is 2.49. The zero-order valence-corrected chi connectivity index (χ0v) is 18.2. The fourth-order valence-electron chi connectivity index (χ4n) is 4.31. The minimum Gasteiger partial charge on any atom is -0.458 e. The van der Waals surface area contributed by atoms with Gasteiger partial charge in [0.05, 0.1) is 5.69 Å². The van der Waals surface area contributed by atoms with Gasteiger partial charge in [0.25, 0.3) is 0 Å². The van der Waals surface area contributed by atoms with Crippen molar-refractivity contribution in [1.82, 2.24) is 0 Å². The van der Waals surface area contributed by atoms with Crippen LogP contribution in [0, 0.1) is 0 Å². The van der Waals surface area contributed by atoms with E-state index >= 15 is 0 Å². The van der Waals surface area contributed by atoms with Crippen molar-refractivity contribution < 1.29 is 4.42 Å². The van der Waals surface area contributed by atoms with Crippen LogP contribution in [-0.2, 0) is 19.4 Å². The lowest BCUT2D eigenvalue weighted by atomic mass is 10.1. The second kappa shape index (κ2) is 9.57. The number of rotatable bonds is 8. The molecule has 0 saturated carbocycles.